The summed E-state index contributed by atoms with van der Waals surface area (Å²) in [4.78, 5) is 30.5. The monoisotopic (exact) mass is 498 g/mol. The molecular formula is C31H34N2O4. The second-order valence-electron chi connectivity index (χ2n) is 10.7. The number of amides is 1. The average Bonchev–Trinajstić information content (AvgIpc) is 3.13. The number of aliphatic hydroxyl groups is 1. The number of Topliss-reactive ketones (excluding diaryl/α,β-unsaturated/α-hetero) is 1. The van der Waals surface area contributed by atoms with E-state index in [9.17, 15) is 14.7 Å². The number of nitrogens with zero attached hydrogens (tertiary/aromatic N) is 2. The molecule has 0 spiro atoms. The fourth-order valence-corrected chi connectivity index (χ4v) is 4.58. The van der Waals surface area contributed by atoms with Gasteiger partial charge in [-0.25, -0.2) is 0 Å². The summed E-state index contributed by atoms with van der Waals surface area (Å²) in [7, 11) is 5.41. The molecule has 3 aromatic carbocycles. The van der Waals surface area contributed by atoms with Crippen LogP contribution in [0.25, 0.3) is 5.76 Å². The predicted molar refractivity (Wildman–Crippen MR) is 148 cm³/mol. The first kappa shape index (κ1) is 26.0. The summed E-state index contributed by atoms with van der Waals surface area (Å²) < 4.78 is 5.55. The first-order chi connectivity index (χ1) is 17.4. The zero-order valence-corrected chi connectivity index (χ0v) is 22.5. The topological polar surface area (TPSA) is 70.1 Å². The molecule has 1 N–H and O–H groups in total. The summed E-state index contributed by atoms with van der Waals surface area (Å²) in [5.74, 6) is -1.24. The molecule has 4 rings (SSSR count). The quantitative estimate of drug-likeness (QED) is 0.266. The molecule has 1 aliphatic rings. The molecule has 0 radical (unpaired) electrons. The molecule has 0 bridgehead atoms. The number of hydrogen-bond acceptors (Lipinski definition) is 5. The van der Waals surface area contributed by atoms with Crippen LogP contribution in [0.5, 0.6) is 5.75 Å². The van der Waals surface area contributed by atoms with E-state index in [2.05, 4.69) is 20.8 Å². The van der Waals surface area contributed by atoms with Crippen LogP contribution in [0.4, 0.5) is 11.4 Å². The van der Waals surface area contributed by atoms with Crippen molar-refractivity contribution in [3.8, 4) is 5.75 Å². The minimum absolute atomic E-state index is 0.0348. The van der Waals surface area contributed by atoms with E-state index in [1.54, 1.807) is 6.07 Å². The van der Waals surface area contributed by atoms with Crippen molar-refractivity contribution in [1.29, 1.82) is 0 Å². The maximum absolute atomic E-state index is 13.6. The standard InChI is InChI=1S/C31H34N2O4/c1-19-8-13-23(14-9-19)33-27(20-10-15-22(16-11-20)32(5)6)26(29(35)30(33)36)28(34)24-18-21(31(2,3)4)12-17-25(24)37-7/h8-18,27,34H,1-7H3/b28-26+. The van der Waals surface area contributed by atoms with Gasteiger partial charge in [0, 0.05) is 25.5 Å². The van der Waals surface area contributed by atoms with Gasteiger partial charge in [-0.05, 0) is 59.9 Å². The lowest BCUT2D eigenvalue weighted by Gasteiger charge is -2.26. The number of aliphatic hydroxyl groups excluding tert-OH is 1. The smallest absolute Gasteiger partial charge is 0.300 e. The minimum atomic E-state index is -0.804. The molecule has 1 saturated heterocycles. The molecule has 6 heteroatoms. The van der Waals surface area contributed by atoms with Gasteiger partial charge in [0.2, 0.25) is 0 Å². The molecule has 37 heavy (non-hydrogen) atoms. The van der Waals surface area contributed by atoms with Crippen LogP contribution in [-0.2, 0) is 15.0 Å². The van der Waals surface area contributed by atoms with Gasteiger partial charge in [-0.2, -0.15) is 0 Å². The van der Waals surface area contributed by atoms with Crippen molar-refractivity contribution in [2.24, 2.45) is 0 Å². The third kappa shape index (κ3) is 4.84. The van der Waals surface area contributed by atoms with Gasteiger partial charge in [0.15, 0.2) is 0 Å². The fraction of sp³-hybridized carbons (Fsp3) is 0.290. The SMILES string of the molecule is COc1ccc(C(C)(C)C)cc1/C(O)=C1\C(=O)C(=O)N(c2ccc(C)cc2)C1c1ccc(N(C)C)cc1. The first-order valence-corrected chi connectivity index (χ1v) is 12.3. The van der Waals surface area contributed by atoms with E-state index in [1.165, 1.54) is 12.0 Å². The molecule has 0 aromatic heterocycles. The van der Waals surface area contributed by atoms with Crippen LogP contribution in [0, 0.1) is 6.92 Å². The third-order valence-corrected chi connectivity index (χ3v) is 6.80. The summed E-state index contributed by atoms with van der Waals surface area (Å²) >= 11 is 0. The number of ether oxygens (including phenoxy) is 1. The number of rotatable bonds is 5. The number of anilines is 2. The number of hydrogen-bond donors (Lipinski definition) is 1. The molecule has 0 saturated carbocycles. The average molecular weight is 499 g/mol. The first-order valence-electron chi connectivity index (χ1n) is 12.3. The molecule has 1 fully saturated rings. The number of ketones is 1. The molecule has 1 atom stereocenters. The van der Waals surface area contributed by atoms with Crippen LogP contribution < -0.4 is 14.5 Å². The Labute approximate surface area is 218 Å². The van der Waals surface area contributed by atoms with Crippen LogP contribution in [0.1, 0.15) is 49.1 Å². The molecule has 0 aliphatic carbocycles. The number of methoxy groups -OCH3 is 1. The number of benzene rings is 3. The van der Waals surface area contributed by atoms with Crippen molar-refractivity contribution in [1.82, 2.24) is 0 Å². The van der Waals surface area contributed by atoms with E-state index >= 15 is 0 Å². The van der Waals surface area contributed by atoms with E-state index in [4.69, 9.17) is 4.74 Å². The number of carbonyl (C=O) groups is 2. The lowest BCUT2D eigenvalue weighted by Crippen LogP contribution is -2.29. The zero-order chi connectivity index (χ0) is 27.1. The fourth-order valence-electron chi connectivity index (χ4n) is 4.58. The van der Waals surface area contributed by atoms with Crippen molar-refractivity contribution in [3.05, 3.63) is 94.6 Å². The summed E-state index contributed by atoms with van der Waals surface area (Å²) in [6, 6.07) is 19.9. The largest absolute Gasteiger partial charge is 0.507 e. The van der Waals surface area contributed by atoms with Crippen molar-refractivity contribution in [3.63, 3.8) is 0 Å². The Kier molecular flexibility index (Phi) is 6.87. The summed E-state index contributed by atoms with van der Waals surface area (Å²) in [6.07, 6.45) is 0. The Hall–Kier alpha value is -4.06. The van der Waals surface area contributed by atoms with Gasteiger partial charge in [0.1, 0.15) is 11.5 Å². The third-order valence-electron chi connectivity index (χ3n) is 6.80. The van der Waals surface area contributed by atoms with Gasteiger partial charge in [-0.15, -0.1) is 0 Å². The highest BCUT2D eigenvalue weighted by Crippen LogP contribution is 2.44. The second kappa shape index (κ2) is 9.77. The molecule has 6 nitrogen and oxygen atoms in total. The van der Waals surface area contributed by atoms with E-state index < -0.39 is 17.7 Å². The van der Waals surface area contributed by atoms with Gasteiger partial charge in [-0.3, -0.25) is 14.5 Å². The van der Waals surface area contributed by atoms with Gasteiger partial charge < -0.3 is 14.7 Å². The molecule has 1 amide bonds. The van der Waals surface area contributed by atoms with E-state index in [1.807, 2.05) is 86.6 Å². The second-order valence-corrected chi connectivity index (χ2v) is 10.7. The molecule has 1 aliphatic heterocycles. The Balaban J connectivity index is 1.98. The zero-order valence-electron chi connectivity index (χ0n) is 22.5. The minimum Gasteiger partial charge on any atom is -0.507 e. The summed E-state index contributed by atoms with van der Waals surface area (Å²) in [5, 5.41) is 11.7. The van der Waals surface area contributed by atoms with E-state index in [0.717, 1.165) is 22.4 Å². The molecule has 192 valence electrons. The van der Waals surface area contributed by atoms with Gasteiger partial charge in [-0.1, -0.05) is 56.7 Å². The summed E-state index contributed by atoms with van der Waals surface area (Å²) in [5.41, 5.74) is 4.51. The lowest BCUT2D eigenvalue weighted by atomic mass is 9.85. The van der Waals surface area contributed by atoms with Crippen molar-refractivity contribution in [2.75, 3.05) is 31.0 Å². The molecule has 3 aromatic rings. The molecule has 1 unspecified atom stereocenters. The van der Waals surface area contributed by atoms with Crippen molar-refractivity contribution in [2.45, 2.75) is 39.2 Å². The Morgan fingerprint density at radius 3 is 2.11 bits per heavy atom. The molecule has 1 heterocycles. The van der Waals surface area contributed by atoms with Crippen molar-refractivity contribution >= 4 is 28.8 Å². The normalized spacial score (nSPS) is 17.3. The Morgan fingerprint density at radius 1 is 0.946 bits per heavy atom. The van der Waals surface area contributed by atoms with E-state index in [-0.39, 0.29) is 16.7 Å². The highest BCUT2D eigenvalue weighted by atomic mass is 16.5. The maximum atomic E-state index is 13.6. The highest BCUT2D eigenvalue weighted by Gasteiger charge is 2.47. The Morgan fingerprint density at radius 2 is 1.57 bits per heavy atom. The van der Waals surface area contributed by atoms with Crippen LogP contribution in [0.15, 0.2) is 72.3 Å². The number of aryl methyl sites for hydroxylation is 1. The summed E-state index contributed by atoms with van der Waals surface area (Å²) in [6.45, 7) is 8.17. The lowest BCUT2D eigenvalue weighted by molar-refractivity contribution is -0.132. The molecular weight excluding hydrogens is 464 g/mol. The Bertz CT molecular complexity index is 1360. The van der Waals surface area contributed by atoms with Gasteiger partial charge in [0.05, 0.1) is 24.3 Å². The highest BCUT2D eigenvalue weighted by molar-refractivity contribution is 6.51. The van der Waals surface area contributed by atoms with Gasteiger partial charge in [0.25, 0.3) is 11.7 Å². The van der Waals surface area contributed by atoms with E-state index in [0.29, 0.717) is 17.0 Å². The number of carbonyl (C=O) groups excluding carboxylic acids is 2. The van der Waals surface area contributed by atoms with Gasteiger partial charge >= 0.3 is 0 Å². The van der Waals surface area contributed by atoms with Crippen LogP contribution in [-0.4, -0.2) is 38.0 Å². The van der Waals surface area contributed by atoms with Crippen LogP contribution >= 0.6 is 0 Å². The van der Waals surface area contributed by atoms with Crippen LogP contribution in [0.3, 0.4) is 0 Å². The van der Waals surface area contributed by atoms with Crippen LogP contribution in [0.2, 0.25) is 0 Å². The van der Waals surface area contributed by atoms with Crippen molar-refractivity contribution < 1.29 is 19.4 Å². The predicted octanol–water partition coefficient (Wildman–Crippen LogP) is 5.99. The maximum Gasteiger partial charge on any atom is 0.300 e.